The first-order valence-corrected chi connectivity index (χ1v) is 7.73. The summed E-state index contributed by atoms with van der Waals surface area (Å²) in [5.74, 6) is 2.11. The van der Waals surface area contributed by atoms with Crippen LogP contribution in [0.5, 0.6) is 11.5 Å². The fraction of sp³-hybridized carbons (Fsp3) is 0.111. The quantitative estimate of drug-likeness (QED) is 0.706. The Kier molecular flexibility index (Phi) is 3.50. The molecule has 24 heavy (non-hydrogen) atoms. The standard InChI is InChI=1S/C18H14ClN3O2/c1-23-15-9-14-16-13(17(15)24-2)7-8-22(18(16)21-10-20-14)12-5-3-11(19)4-6-12/h3-10H,1-2H3. The van der Waals surface area contributed by atoms with E-state index < -0.39 is 0 Å². The maximum absolute atomic E-state index is 5.99. The predicted octanol–water partition coefficient (Wildman–Crippen LogP) is 4.42. The van der Waals surface area contributed by atoms with Crippen LogP contribution in [0.2, 0.25) is 5.02 Å². The molecule has 0 spiro atoms. The van der Waals surface area contributed by atoms with Gasteiger partial charge >= 0.3 is 0 Å². The Morgan fingerprint density at radius 1 is 1.04 bits per heavy atom. The summed E-state index contributed by atoms with van der Waals surface area (Å²) in [5.41, 5.74) is 2.68. The molecule has 5 nitrogen and oxygen atoms in total. The van der Waals surface area contributed by atoms with Gasteiger partial charge in [0.1, 0.15) is 12.1 Å². The Labute approximate surface area is 144 Å². The van der Waals surface area contributed by atoms with E-state index >= 15 is 0 Å². The molecule has 0 amide bonds. The minimum atomic E-state index is 0.647. The van der Waals surface area contributed by atoms with Gasteiger partial charge < -0.3 is 14.4 Å². The number of benzene rings is 2. The lowest BCUT2D eigenvalue weighted by Gasteiger charge is -2.26. The number of ether oxygens (including phenoxy) is 2. The lowest BCUT2D eigenvalue weighted by molar-refractivity contribution is 0.355. The Morgan fingerprint density at radius 3 is 2.54 bits per heavy atom. The van der Waals surface area contributed by atoms with E-state index in [-0.39, 0.29) is 0 Å². The number of aromatic nitrogens is 2. The number of methoxy groups -OCH3 is 2. The zero-order valence-corrected chi connectivity index (χ0v) is 13.9. The van der Waals surface area contributed by atoms with Crippen molar-refractivity contribution >= 4 is 40.1 Å². The van der Waals surface area contributed by atoms with Gasteiger partial charge in [-0.1, -0.05) is 11.6 Å². The molecule has 1 aliphatic rings. The minimum absolute atomic E-state index is 0.647. The van der Waals surface area contributed by atoms with Crippen molar-refractivity contribution in [2.75, 3.05) is 19.1 Å². The van der Waals surface area contributed by atoms with Crippen molar-refractivity contribution in [2.24, 2.45) is 0 Å². The van der Waals surface area contributed by atoms with Crippen molar-refractivity contribution < 1.29 is 9.47 Å². The normalized spacial score (nSPS) is 12.5. The first-order chi connectivity index (χ1) is 11.7. The number of hydrogen-bond donors (Lipinski definition) is 0. The smallest absolute Gasteiger partial charge is 0.168 e. The summed E-state index contributed by atoms with van der Waals surface area (Å²) < 4.78 is 11.0. The fourth-order valence-corrected chi connectivity index (χ4v) is 3.05. The molecule has 4 rings (SSSR count). The molecule has 120 valence electrons. The second-order valence-corrected chi connectivity index (χ2v) is 5.72. The summed E-state index contributed by atoms with van der Waals surface area (Å²) in [4.78, 5) is 10.9. The first kappa shape index (κ1) is 14.8. The van der Waals surface area contributed by atoms with Crippen LogP contribution in [0.3, 0.4) is 0 Å². The molecule has 0 bridgehead atoms. The van der Waals surface area contributed by atoms with E-state index in [0.29, 0.717) is 16.5 Å². The predicted molar refractivity (Wildman–Crippen MR) is 95.3 cm³/mol. The molecule has 0 fully saturated rings. The van der Waals surface area contributed by atoms with Crippen molar-refractivity contribution in [1.29, 1.82) is 0 Å². The first-order valence-electron chi connectivity index (χ1n) is 7.35. The molecule has 3 aromatic rings. The molecule has 0 atom stereocenters. The van der Waals surface area contributed by atoms with Crippen LogP contribution >= 0.6 is 11.6 Å². The summed E-state index contributed by atoms with van der Waals surface area (Å²) in [6.07, 6.45) is 5.49. The fourth-order valence-electron chi connectivity index (χ4n) is 2.93. The zero-order valence-electron chi connectivity index (χ0n) is 13.2. The Bertz CT molecular complexity index is 955. The van der Waals surface area contributed by atoms with Crippen molar-refractivity contribution in [2.45, 2.75) is 0 Å². The Balaban J connectivity index is 1.98. The molecule has 1 aromatic heterocycles. The van der Waals surface area contributed by atoms with Gasteiger partial charge in [-0.3, -0.25) is 0 Å². The summed E-state index contributed by atoms with van der Waals surface area (Å²) in [7, 11) is 3.24. The van der Waals surface area contributed by atoms with E-state index in [9.17, 15) is 0 Å². The third-order valence-corrected chi connectivity index (χ3v) is 4.26. The van der Waals surface area contributed by atoms with E-state index in [0.717, 1.165) is 28.0 Å². The molecule has 2 aromatic carbocycles. The molecule has 0 aliphatic carbocycles. The van der Waals surface area contributed by atoms with E-state index in [1.807, 2.05) is 47.5 Å². The van der Waals surface area contributed by atoms with Gasteiger partial charge in [-0.15, -0.1) is 0 Å². The maximum Gasteiger partial charge on any atom is 0.168 e. The zero-order chi connectivity index (χ0) is 16.7. The van der Waals surface area contributed by atoms with Gasteiger partial charge in [0.05, 0.1) is 25.1 Å². The Morgan fingerprint density at radius 2 is 1.83 bits per heavy atom. The second-order valence-electron chi connectivity index (χ2n) is 5.28. The van der Waals surface area contributed by atoms with Crippen molar-refractivity contribution in [3.05, 3.63) is 53.4 Å². The number of nitrogens with zero attached hydrogens (tertiary/aromatic N) is 3. The van der Waals surface area contributed by atoms with Gasteiger partial charge in [0, 0.05) is 28.5 Å². The van der Waals surface area contributed by atoms with Crippen LogP contribution in [-0.4, -0.2) is 24.2 Å². The molecule has 0 radical (unpaired) electrons. The van der Waals surface area contributed by atoms with Crippen LogP contribution in [0.1, 0.15) is 5.56 Å². The van der Waals surface area contributed by atoms with Gasteiger partial charge in [0.2, 0.25) is 0 Å². The highest BCUT2D eigenvalue weighted by atomic mass is 35.5. The van der Waals surface area contributed by atoms with Crippen LogP contribution < -0.4 is 14.4 Å². The molecule has 1 aliphatic heterocycles. The van der Waals surface area contributed by atoms with Crippen LogP contribution in [0, 0.1) is 0 Å². The average Bonchev–Trinajstić information content (AvgIpc) is 2.62. The van der Waals surface area contributed by atoms with Crippen LogP contribution in [0.25, 0.3) is 17.0 Å². The molecule has 0 unspecified atom stereocenters. The summed E-state index contributed by atoms with van der Waals surface area (Å²) in [6.45, 7) is 0. The van der Waals surface area contributed by atoms with Gasteiger partial charge in [0.25, 0.3) is 0 Å². The summed E-state index contributed by atoms with van der Waals surface area (Å²) in [6, 6.07) is 9.47. The van der Waals surface area contributed by atoms with Crippen molar-refractivity contribution in [1.82, 2.24) is 9.97 Å². The monoisotopic (exact) mass is 339 g/mol. The highest BCUT2D eigenvalue weighted by molar-refractivity contribution is 6.30. The molecular weight excluding hydrogens is 326 g/mol. The van der Waals surface area contributed by atoms with Gasteiger partial charge in [0.15, 0.2) is 11.5 Å². The Hall–Kier alpha value is -2.79. The van der Waals surface area contributed by atoms with Gasteiger partial charge in [-0.2, -0.15) is 0 Å². The number of anilines is 2. The lowest BCUT2D eigenvalue weighted by Crippen LogP contribution is -2.14. The number of rotatable bonds is 3. The van der Waals surface area contributed by atoms with Crippen LogP contribution in [0.15, 0.2) is 42.9 Å². The average molecular weight is 340 g/mol. The van der Waals surface area contributed by atoms with Crippen LogP contribution in [-0.2, 0) is 0 Å². The molecule has 0 N–H and O–H groups in total. The molecule has 6 heteroatoms. The van der Waals surface area contributed by atoms with Gasteiger partial charge in [-0.25, -0.2) is 9.97 Å². The minimum Gasteiger partial charge on any atom is -0.493 e. The van der Waals surface area contributed by atoms with Gasteiger partial charge in [-0.05, 0) is 30.3 Å². The molecule has 0 saturated heterocycles. The third kappa shape index (κ3) is 2.17. The highest BCUT2D eigenvalue weighted by Crippen LogP contribution is 2.44. The van der Waals surface area contributed by atoms with E-state index in [4.69, 9.17) is 21.1 Å². The lowest BCUT2D eigenvalue weighted by atomic mass is 10.0. The molecule has 2 heterocycles. The van der Waals surface area contributed by atoms with Crippen LogP contribution in [0.4, 0.5) is 11.5 Å². The van der Waals surface area contributed by atoms with E-state index in [1.54, 1.807) is 20.5 Å². The second kappa shape index (κ2) is 5.69. The van der Waals surface area contributed by atoms with Crippen molar-refractivity contribution in [3.63, 3.8) is 0 Å². The largest absolute Gasteiger partial charge is 0.493 e. The van der Waals surface area contributed by atoms with Crippen molar-refractivity contribution in [3.8, 4) is 11.5 Å². The summed E-state index contributed by atoms with van der Waals surface area (Å²) >= 11 is 5.99. The van der Waals surface area contributed by atoms with E-state index in [1.165, 1.54) is 0 Å². The third-order valence-electron chi connectivity index (χ3n) is 4.01. The molecular formula is C18H14ClN3O2. The number of hydrogen-bond acceptors (Lipinski definition) is 5. The van der Waals surface area contributed by atoms with E-state index in [2.05, 4.69) is 9.97 Å². The highest BCUT2D eigenvalue weighted by Gasteiger charge is 2.23. The number of halogens is 1. The SMILES string of the molecule is COc1cc2ncnc3c2c(c1OC)C=CN3c1ccc(Cl)cc1. The maximum atomic E-state index is 5.99. The summed E-state index contributed by atoms with van der Waals surface area (Å²) in [5, 5.41) is 1.62. The topological polar surface area (TPSA) is 47.5 Å². The molecule has 0 saturated carbocycles.